The molecule has 2 aromatic carbocycles. The van der Waals surface area contributed by atoms with Crippen molar-refractivity contribution in [1.29, 1.82) is 0 Å². The summed E-state index contributed by atoms with van der Waals surface area (Å²) in [6.45, 7) is 2.44. The topological polar surface area (TPSA) is 104 Å². The van der Waals surface area contributed by atoms with Gasteiger partial charge in [0, 0.05) is 51.0 Å². The van der Waals surface area contributed by atoms with Crippen molar-refractivity contribution in [1.82, 2.24) is 25.8 Å². The number of aryl methyl sites for hydroxylation is 1. The van der Waals surface area contributed by atoms with Crippen LogP contribution in [0.4, 0.5) is 22.1 Å². The average molecular weight is 583 g/mol. The summed E-state index contributed by atoms with van der Waals surface area (Å²) in [5, 5.41) is 6.05. The Morgan fingerprint density at radius 3 is 2.59 bits per heavy atom. The molecule has 0 radical (unpaired) electrons. The smallest absolute Gasteiger partial charge is 0.324 e. The predicted molar refractivity (Wildman–Crippen MR) is 141 cm³/mol. The highest BCUT2D eigenvalue weighted by Gasteiger charge is 2.08. The first kappa shape index (κ1) is 23.8. The fraction of sp³-hybridized carbons (Fsp3) is 0.0833. The molecule has 172 valence electrons. The van der Waals surface area contributed by atoms with Gasteiger partial charge < -0.3 is 10.6 Å². The number of halogens is 2. The maximum atomic E-state index is 12.3. The molecule has 0 atom stereocenters. The zero-order valence-electron chi connectivity index (χ0n) is 18.1. The Morgan fingerprint density at radius 2 is 1.82 bits per heavy atom. The molecule has 0 spiro atoms. The molecule has 0 aliphatic carbocycles. The number of rotatable bonds is 7. The van der Waals surface area contributed by atoms with E-state index in [0.717, 1.165) is 37.0 Å². The van der Waals surface area contributed by atoms with Gasteiger partial charge in [-0.2, -0.15) is 0 Å². The van der Waals surface area contributed by atoms with Crippen molar-refractivity contribution in [2.45, 2.75) is 13.5 Å². The van der Waals surface area contributed by atoms with Gasteiger partial charge >= 0.3 is 6.03 Å². The number of urea groups is 1. The number of hydrogen-bond donors (Lipinski definition) is 4. The number of hydrogen-bond acceptors (Lipinski definition) is 6. The van der Waals surface area contributed by atoms with E-state index in [1.807, 2.05) is 61.5 Å². The van der Waals surface area contributed by atoms with Crippen LogP contribution in [-0.2, 0) is 6.54 Å². The van der Waals surface area contributed by atoms with Gasteiger partial charge in [-0.3, -0.25) is 10.4 Å². The van der Waals surface area contributed by atoms with Crippen LogP contribution in [0.15, 0.2) is 82.1 Å². The summed E-state index contributed by atoms with van der Waals surface area (Å²) in [5.74, 6) is 0.452. The monoisotopic (exact) mass is 581 g/mol. The number of pyridine rings is 1. The lowest BCUT2D eigenvalue weighted by atomic mass is 10.2. The van der Waals surface area contributed by atoms with Gasteiger partial charge in [0.15, 0.2) is 0 Å². The summed E-state index contributed by atoms with van der Waals surface area (Å²) in [4.78, 5) is 25.4. The molecule has 34 heavy (non-hydrogen) atoms. The Balaban J connectivity index is 1.38. The second-order valence-corrected chi connectivity index (χ2v) is 9.20. The van der Waals surface area contributed by atoms with Crippen molar-refractivity contribution in [3.8, 4) is 11.3 Å². The molecule has 0 aliphatic heterocycles. The maximum Gasteiger partial charge on any atom is 0.333 e. The highest BCUT2D eigenvalue weighted by Crippen LogP contribution is 2.24. The van der Waals surface area contributed by atoms with Gasteiger partial charge in [0.05, 0.1) is 5.69 Å². The van der Waals surface area contributed by atoms with Crippen LogP contribution in [0.5, 0.6) is 0 Å². The Bertz CT molecular complexity index is 1280. The van der Waals surface area contributed by atoms with Crippen molar-refractivity contribution in [2.24, 2.45) is 0 Å². The van der Waals surface area contributed by atoms with Crippen LogP contribution in [0.25, 0.3) is 11.3 Å². The molecule has 2 amide bonds. The molecule has 4 N–H and O–H groups in total. The molecule has 10 heteroatoms. The second-order valence-electron chi connectivity index (χ2n) is 7.37. The SMILES string of the molecule is Cc1ccc(NC(=O)NNCc2cc(Br)cc(Br)c2)cc1Nc1nccc(-c2cccnc2)n1. The molecule has 0 bridgehead atoms. The zero-order chi connectivity index (χ0) is 23.9. The summed E-state index contributed by atoms with van der Waals surface area (Å²) in [5.41, 5.74) is 10.6. The largest absolute Gasteiger partial charge is 0.333 e. The standard InChI is InChI=1S/C24H21Br2N7O/c1-15-4-5-20(30-24(34)33-29-13-16-9-18(25)11-19(26)10-16)12-22(15)32-23-28-8-6-21(31-23)17-3-2-7-27-14-17/h2-12,14,29H,13H2,1H3,(H,28,31,32)(H2,30,33,34). The fourth-order valence-corrected chi connectivity index (χ4v) is 4.54. The lowest BCUT2D eigenvalue weighted by molar-refractivity contribution is 0.248. The second kappa shape index (κ2) is 11.2. The van der Waals surface area contributed by atoms with Crippen molar-refractivity contribution >= 4 is 55.2 Å². The first-order valence-corrected chi connectivity index (χ1v) is 11.9. The number of aromatic nitrogens is 3. The Labute approximate surface area is 213 Å². The Hall–Kier alpha value is -3.34. The van der Waals surface area contributed by atoms with Crippen LogP contribution in [0.1, 0.15) is 11.1 Å². The highest BCUT2D eigenvalue weighted by atomic mass is 79.9. The molecular weight excluding hydrogens is 562 g/mol. The number of amides is 2. The van der Waals surface area contributed by atoms with E-state index in [4.69, 9.17) is 0 Å². The van der Waals surface area contributed by atoms with Crippen LogP contribution in [0, 0.1) is 6.92 Å². The normalized spacial score (nSPS) is 10.6. The quantitative estimate of drug-likeness (QED) is 0.201. The summed E-state index contributed by atoms with van der Waals surface area (Å²) in [7, 11) is 0. The Kier molecular flexibility index (Phi) is 7.84. The van der Waals surface area contributed by atoms with E-state index in [9.17, 15) is 4.79 Å². The van der Waals surface area contributed by atoms with Gasteiger partial charge in [0.1, 0.15) is 0 Å². The zero-order valence-corrected chi connectivity index (χ0v) is 21.3. The molecule has 2 heterocycles. The number of nitrogens with zero attached hydrogens (tertiary/aromatic N) is 3. The van der Waals surface area contributed by atoms with Crippen molar-refractivity contribution < 1.29 is 4.79 Å². The molecule has 4 rings (SSSR count). The first-order chi connectivity index (χ1) is 16.5. The number of carbonyl (C=O) groups is 1. The van der Waals surface area contributed by atoms with E-state index in [1.54, 1.807) is 18.6 Å². The van der Waals surface area contributed by atoms with E-state index in [-0.39, 0.29) is 6.03 Å². The number of anilines is 3. The molecule has 4 aromatic rings. The number of carbonyl (C=O) groups excluding carboxylic acids is 1. The molecule has 0 fully saturated rings. The summed E-state index contributed by atoms with van der Waals surface area (Å²) < 4.78 is 1.91. The molecular formula is C24H21Br2N7O. The van der Waals surface area contributed by atoms with Gasteiger partial charge in [-0.15, -0.1) is 0 Å². The van der Waals surface area contributed by atoms with Gasteiger partial charge in [0.25, 0.3) is 0 Å². The van der Waals surface area contributed by atoms with Crippen molar-refractivity contribution in [3.05, 3.63) is 93.3 Å². The van der Waals surface area contributed by atoms with E-state index in [1.165, 1.54) is 0 Å². The summed E-state index contributed by atoms with van der Waals surface area (Å²) >= 11 is 6.91. The average Bonchev–Trinajstić information content (AvgIpc) is 2.81. The molecule has 8 nitrogen and oxygen atoms in total. The van der Waals surface area contributed by atoms with Crippen LogP contribution < -0.4 is 21.5 Å². The minimum absolute atomic E-state index is 0.376. The van der Waals surface area contributed by atoms with Gasteiger partial charge in [-0.1, -0.05) is 37.9 Å². The first-order valence-electron chi connectivity index (χ1n) is 10.3. The van der Waals surface area contributed by atoms with E-state index >= 15 is 0 Å². The van der Waals surface area contributed by atoms with Crippen LogP contribution in [0.3, 0.4) is 0 Å². The minimum Gasteiger partial charge on any atom is -0.324 e. The highest BCUT2D eigenvalue weighted by molar-refractivity contribution is 9.11. The third kappa shape index (κ3) is 6.60. The van der Waals surface area contributed by atoms with Gasteiger partial charge in [0.2, 0.25) is 5.95 Å². The third-order valence-corrected chi connectivity index (χ3v) is 5.69. The fourth-order valence-electron chi connectivity index (χ4n) is 3.15. The number of benzene rings is 2. The number of hydrazine groups is 1. The Morgan fingerprint density at radius 1 is 1.00 bits per heavy atom. The molecule has 0 aliphatic rings. The molecule has 0 unspecified atom stereocenters. The van der Waals surface area contributed by atoms with Crippen LogP contribution >= 0.6 is 31.9 Å². The van der Waals surface area contributed by atoms with Crippen LogP contribution in [0.2, 0.25) is 0 Å². The van der Waals surface area contributed by atoms with Crippen LogP contribution in [-0.4, -0.2) is 21.0 Å². The minimum atomic E-state index is -0.376. The number of nitrogens with one attached hydrogen (secondary N) is 4. The van der Waals surface area contributed by atoms with E-state index in [2.05, 4.69) is 68.3 Å². The van der Waals surface area contributed by atoms with E-state index in [0.29, 0.717) is 18.2 Å². The van der Waals surface area contributed by atoms with Gasteiger partial charge in [-0.05, 0) is 66.6 Å². The maximum absolute atomic E-state index is 12.3. The third-order valence-electron chi connectivity index (χ3n) is 4.77. The summed E-state index contributed by atoms with van der Waals surface area (Å²) in [6.07, 6.45) is 5.17. The van der Waals surface area contributed by atoms with Gasteiger partial charge in [-0.25, -0.2) is 20.2 Å². The molecule has 0 saturated carbocycles. The predicted octanol–water partition coefficient (Wildman–Crippen LogP) is 5.94. The lowest BCUT2D eigenvalue weighted by Crippen LogP contribution is -2.39. The summed E-state index contributed by atoms with van der Waals surface area (Å²) in [6, 6.07) is 16.7. The lowest BCUT2D eigenvalue weighted by Gasteiger charge is -2.13. The molecule has 0 saturated heterocycles. The van der Waals surface area contributed by atoms with Crippen molar-refractivity contribution in [2.75, 3.05) is 10.6 Å². The van der Waals surface area contributed by atoms with E-state index < -0.39 is 0 Å². The van der Waals surface area contributed by atoms with Crippen molar-refractivity contribution in [3.63, 3.8) is 0 Å². The molecule has 2 aromatic heterocycles.